The van der Waals surface area contributed by atoms with E-state index in [0.29, 0.717) is 22.6 Å². The number of nitrogens with zero attached hydrogens (tertiary/aromatic N) is 1. The zero-order valence-corrected chi connectivity index (χ0v) is 15.0. The summed E-state index contributed by atoms with van der Waals surface area (Å²) in [4.78, 5) is 25.7. The van der Waals surface area contributed by atoms with Crippen molar-refractivity contribution in [1.82, 2.24) is 4.90 Å². The fraction of sp³-hybridized carbons (Fsp3) is 0.222. The molecule has 7 nitrogen and oxygen atoms in total. The van der Waals surface area contributed by atoms with Gasteiger partial charge in [-0.2, -0.15) is 0 Å². The van der Waals surface area contributed by atoms with Crippen LogP contribution in [0, 0.1) is 0 Å². The minimum absolute atomic E-state index is 0.0299. The van der Waals surface area contributed by atoms with E-state index in [2.05, 4.69) is 4.72 Å². The SMILES string of the molecule is CCS(=O)(=O)Nc1cccc(OCCN2C(=O)c3ccccc3C2=O)c1. The molecule has 2 aromatic carbocycles. The Morgan fingerprint density at radius 2 is 1.65 bits per heavy atom. The molecule has 3 rings (SSSR count). The summed E-state index contributed by atoms with van der Waals surface area (Å²) in [7, 11) is -3.37. The maximum Gasteiger partial charge on any atom is 0.261 e. The van der Waals surface area contributed by atoms with Crippen LogP contribution in [0.25, 0.3) is 0 Å². The van der Waals surface area contributed by atoms with Crippen LogP contribution in [0.2, 0.25) is 0 Å². The van der Waals surface area contributed by atoms with Gasteiger partial charge in [0.2, 0.25) is 10.0 Å². The molecule has 0 spiro atoms. The molecule has 1 heterocycles. The van der Waals surface area contributed by atoms with E-state index in [1.807, 2.05) is 0 Å². The number of sulfonamides is 1. The lowest BCUT2D eigenvalue weighted by atomic mass is 10.1. The molecule has 0 saturated carbocycles. The van der Waals surface area contributed by atoms with Gasteiger partial charge < -0.3 is 4.74 Å². The van der Waals surface area contributed by atoms with Crippen molar-refractivity contribution in [1.29, 1.82) is 0 Å². The van der Waals surface area contributed by atoms with Gasteiger partial charge in [0.25, 0.3) is 11.8 Å². The molecule has 0 aliphatic carbocycles. The standard InChI is InChI=1S/C18H18N2O5S/c1-2-26(23,24)19-13-6-5-7-14(12-13)25-11-10-20-17(21)15-8-3-4-9-16(15)18(20)22/h3-9,12,19H,2,10-11H2,1H3. The van der Waals surface area contributed by atoms with E-state index in [1.165, 1.54) is 0 Å². The average molecular weight is 374 g/mol. The number of carbonyl (C=O) groups is 2. The number of ether oxygens (including phenoxy) is 1. The van der Waals surface area contributed by atoms with Crippen molar-refractivity contribution in [3.05, 3.63) is 59.7 Å². The molecule has 0 aromatic heterocycles. The van der Waals surface area contributed by atoms with Gasteiger partial charge in [0, 0.05) is 6.07 Å². The fourth-order valence-electron chi connectivity index (χ4n) is 2.60. The second kappa shape index (κ2) is 7.17. The Morgan fingerprint density at radius 1 is 1.00 bits per heavy atom. The van der Waals surface area contributed by atoms with Crippen LogP contribution >= 0.6 is 0 Å². The molecule has 0 atom stereocenters. The van der Waals surface area contributed by atoms with Crippen LogP contribution in [0.4, 0.5) is 5.69 Å². The minimum atomic E-state index is -3.37. The molecule has 2 amide bonds. The fourth-order valence-corrected chi connectivity index (χ4v) is 3.23. The van der Waals surface area contributed by atoms with Crippen molar-refractivity contribution in [2.75, 3.05) is 23.6 Å². The summed E-state index contributed by atoms with van der Waals surface area (Å²) in [6, 6.07) is 13.2. The van der Waals surface area contributed by atoms with E-state index in [-0.39, 0.29) is 30.7 Å². The lowest BCUT2D eigenvalue weighted by Crippen LogP contribution is -2.33. The van der Waals surface area contributed by atoms with Crippen LogP contribution in [-0.4, -0.2) is 44.0 Å². The number of fused-ring (bicyclic) bond motifs is 1. The largest absolute Gasteiger partial charge is 0.492 e. The molecule has 0 unspecified atom stereocenters. The Hall–Kier alpha value is -2.87. The third kappa shape index (κ3) is 3.70. The molecule has 136 valence electrons. The van der Waals surface area contributed by atoms with Crippen molar-refractivity contribution in [2.24, 2.45) is 0 Å². The van der Waals surface area contributed by atoms with Gasteiger partial charge in [-0.25, -0.2) is 8.42 Å². The number of imide groups is 1. The first-order chi connectivity index (χ1) is 12.4. The first-order valence-corrected chi connectivity index (χ1v) is 9.75. The maximum atomic E-state index is 12.3. The van der Waals surface area contributed by atoms with Gasteiger partial charge in [-0.15, -0.1) is 0 Å². The van der Waals surface area contributed by atoms with Crippen LogP contribution < -0.4 is 9.46 Å². The summed E-state index contributed by atoms with van der Waals surface area (Å²) >= 11 is 0. The van der Waals surface area contributed by atoms with Crippen molar-refractivity contribution in [3.63, 3.8) is 0 Å². The lowest BCUT2D eigenvalue weighted by molar-refractivity contribution is 0.0631. The average Bonchev–Trinajstić information content (AvgIpc) is 2.87. The zero-order valence-electron chi connectivity index (χ0n) is 14.1. The molecule has 0 radical (unpaired) electrons. The van der Waals surface area contributed by atoms with Crippen molar-refractivity contribution in [3.8, 4) is 5.75 Å². The maximum absolute atomic E-state index is 12.3. The number of nitrogens with one attached hydrogen (secondary N) is 1. The molecule has 1 N–H and O–H groups in total. The van der Waals surface area contributed by atoms with Crippen molar-refractivity contribution >= 4 is 27.5 Å². The van der Waals surface area contributed by atoms with Crippen LogP contribution in [0.3, 0.4) is 0 Å². The quantitative estimate of drug-likeness (QED) is 0.750. The first-order valence-electron chi connectivity index (χ1n) is 8.10. The van der Waals surface area contributed by atoms with Gasteiger partial charge in [0.1, 0.15) is 12.4 Å². The van der Waals surface area contributed by atoms with Gasteiger partial charge in [-0.1, -0.05) is 18.2 Å². The summed E-state index contributed by atoms with van der Waals surface area (Å²) in [5.41, 5.74) is 1.19. The lowest BCUT2D eigenvalue weighted by Gasteiger charge is -2.15. The van der Waals surface area contributed by atoms with Gasteiger partial charge in [0.15, 0.2) is 0 Å². The number of hydrogen-bond acceptors (Lipinski definition) is 5. The van der Waals surface area contributed by atoms with Crippen LogP contribution in [0.15, 0.2) is 48.5 Å². The molecule has 1 aliphatic rings. The topological polar surface area (TPSA) is 92.8 Å². The van der Waals surface area contributed by atoms with Gasteiger partial charge in [-0.05, 0) is 31.2 Å². The molecule has 0 fully saturated rings. The Bertz CT molecular complexity index is 921. The van der Waals surface area contributed by atoms with Gasteiger partial charge in [0.05, 0.1) is 29.1 Å². The van der Waals surface area contributed by atoms with E-state index in [0.717, 1.165) is 4.90 Å². The minimum Gasteiger partial charge on any atom is -0.492 e. The number of benzene rings is 2. The Morgan fingerprint density at radius 3 is 2.27 bits per heavy atom. The van der Waals surface area contributed by atoms with E-state index in [9.17, 15) is 18.0 Å². The highest BCUT2D eigenvalue weighted by Gasteiger charge is 2.34. The number of carbonyl (C=O) groups excluding carboxylic acids is 2. The van der Waals surface area contributed by atoms with E-state index in [4.69, 9.17) is 4.74 Å². The number of rotatable bonds is 7. The van der Waals surface area contributed by atoms with E-state index < -0.39 is 10.0 Å². The molecule has 8 heteroatoms. The summed E-state index contributed by atoms with van der Waals surface area (Å²) < 4.78 is 31.2. The van der Waals surface area contributed by atoms with E-state index >= 15 is 0 Å². The van der Waals surface area contributed by atoms with Gasteiger partial charge in [-0.3, -0.25) is 19.2 Å². The van der Waals surface area contributed by atoms with Crippen LogP contribution in [0.1, 0.15) is 27.6 Å². The van der Waals surface area contributed by atoms with Crippen LogP contribution in [-0.2, 0) is 10.0 Å². The number of amides is 2. The second-order valence-corrected chi connectivity index (χ2v) is 7.70. The highest BCUT2D eigenvalue weighted by Crippen LogP contribution is 2.23. The van der Waals surface area contributed by atoms with Crippen molar-refractivity contribution in [2.45, 2.75) is 6.92 Å². The predicted octanol–water partition coefficient (Wildman–Crippen LogP) is 2.12. The summed E-state index contributed by atoms with van der Waals surface area (Å²) in [5.74, 6) is -0.257. The van der Waals surface area contributed by atoms with Crippen molar-refractivity contribution < 1.29 is 22.7 Å². The second-order valence-electron chi connectivity index (χ2n) is 5.69. The number of anilines is 1. The molecule has 1 aliphatic heterocycles. The number of hydrogen-bond donors (Lipinski definition) is 1. The Balaban J connectivity index is 1.61. The normalized spacial score (nSPS) is 13.7. The highest BCUT2D eigenvalue weighted by atomic mass is 32.2. The molecule has 26 heavy (non-hydrogen) atoms. The molecule has 0 bridgehead atoms. The summed E-state index contributed by atoms with van der Waals surface area (Å²) in [5, 5.41) is 0. The smallest absolute Gasteiger partial charge is 0.261 e. The Kier molecular flexibility index (Phi) is 4.94. The first kappa shape index (κ1) is 17.9. The highest BCUT2D eigenvalue weighted by molar-refractivity contribution is 7.92. The third-order valence-corrected chi connectivity index (χ3v) is 5.26. The molecule has 0 saturated heterocycles. The molecular formula is C18H18N2O5S. The third-order valence-electron chi connectivity index (χ3n) is 3.95. The van der Waals surface area contributed by atoms with E-state index in [1.54, 1.807) is 55.5 Å². The predicted molar refractivity (Wildman–Crippen MR) is 96.8 cm³/mol. The van der Waals surface area contributed by atoms with Gasteiger partial charge >= 0.3 is 0 Å². The zero-order chi connectivity index (χ0) is 18.7. The molecular weight excluding hydrogens is 356 g/mol. The monoisotopic (exact) mass is 374 g/mol. The summed E-state index contributed by atoms with van der Waals surface area (Å²) in [6.07, 6.45) is 0. The summed E-state index contributed by atoms with van der Waals surface area (Å²) in [6.45, 7) is 1.76. The van der Waals surface area contributed by atoms with Crippen LogP contribution in [0.5, 0.6) is 5.75 Å². The molecule has 2 aromatic rings. The Labute approximate surface area is 151 Å².